The van der Waals surface area contributed by atoms with Crippen LogP contribution in [0.5, 0.6) is 0 Å². The summed E-state index contributed by atoms with van der Waals surface area (Å²) in [6, 6.07) is 0. The van der Waals surface area contributed by atoms with Gasteiger partial charge in [-0.1, -0.05) is 24.3 Å². The first kappa shape index (κ1) is 12.9. The van der Waals surface area contributed by atoms with Crippen LogP contribution in [0.4, 0.5) is 0 Å². The summed E-state index contributed by atoms with van der Waals surface area (Å²) < 4.78 is 10.9. The highest BCUT2D eigenvalue weighted by atomic mass is 16.6. The van der Waals surface area contributed by atoms with Gasteiger partial charge >= 0.3 is 5.97 Å². The minimum Gasteiger partial charge on any atom is -0.461 e. The molecule has 1 aliphatic heterocycles. The number of hydrogen-bond acceptors (Lipinski definition) is 3. The van der Waals surface area contributed by atoms with E-state index < -0.39 is 0 Å². The molecular weight excluding hydrogens is 240 g/mol. The Bertz CT molecular complexity index is 426. The van der Waals surface area contributed by atoms with E-state index in [1.165, 1.54) is 11.1 Å². The normalized spacial score (nSPS) is 41.7. The molecule has 3 nitrogen and oxygen atoms in total. The summed E-state index contributed by atoms with van der Waals surface area (Å²) in [5.41, 5.74) is 2.57. The molecule has 2 saturated carbocycles. The minimum absolute atomic E-state index is 0.00639. The number of methoxy groups -OCH3 is 1. The van der Waals surface area contributed by atoms with Crippen LogP contribution in [0.3, 0.4) is 0 Å². The summed E-state index contributed by atoms with van der Waals surface area (Å²) >= 11 is 0. The van der Waals surface area contributed by atoms with E-state index in [0.717, 1.165) is 25.7 Å². The van der Waals surface area contributed by atoms with Crippen molar-refractivity contribution in [2.24, 2.45) is 23.7 Å². The predicted molar refractivity (Wildman–Crippen MR) is 72.5 cm³/mol. The Hall–Kier alpha value is -1.09. The molecule has 104 valence electrons. The maximum absolute atomic E-state index is 12.1. The molecule has 3 fully saturated rings. The Morgan fingerprint density at radius 3 is 2.74 bits per heavy atom. The van der Waals surface area contributed by atoms with Crippen molar-refractivity contribution in [2.45, 2.75) is 31.8 Å². The van der Waals surface area contributed by atoms with Crippen LogP contribution in [-0.2, 0) is 14.3 Å². The number of esters is 1. The fraction of sp³-hybridized carbons (Fsp3) is 0.688. The summed E-state index contributed by atoms with van der Waals surface area (Å²) in [6.07, 6.45) is 4.17. The number of ether oxygens (including phenoxy) is 2. The number of hydrogen-bond donors (Lipinski definition) is 0. The van der Waals surface area contributed by atoms with Gasteiger partial charge in [-0.15, -0.1) is 0 Å². The second-order valence-corrected chi connectivity index (χ2v) is 6.15. The van der Waals surface area contributed by atoms with E-state index in [9.17, 15) is 4.79 Å². The van der Waals surface area contributed by atoms with E-state index >= 15 is 0 Å². The average Bonchev–Trinajstić information content (AvgIpc) is 2.85. The third kappa shape index (κ3) is 1.95. The van der Waals surface area contributed by atoms with Crippen LogP contribution >= 0.6 is 0 Å². The molecule has 2 aliphatic carbocycles. The minimum atomic E-state index is -0.102. The van der Waals surface area contributed by atoms with Crippen LogP contribution in [0.15, 0.2) is 24.3 Å². The lowest BCUT2D eigenvalue weighted by Crippen LogP contribution is -2.30. The second-order valence-electron chi connectivity index (χ2n) is 6.15. The molecule has 3 aliphatic rings. The first-order valence-electron chi connectivity index (χ1n) is 7.18. The van der Waals surface area contributed by atoms with Gasteiger partial charge in [0.2, 0.25) is 0 Å². The molecule has 0 aromatic rings. The van der Waals surface area contributed by atoms with Crippen molar-refractivity contribution >= 4 is 5.97 Å². The second kappa shape index (κ2) is 4.78. The topological polar surface area (TPSA) is 35.5 Å². The van der Waals surface area contributed by atoms with Gasteiger partial charge in [-0.2, -0.15) is 0 Å². The summed E-state index contributed by atoms with van der Waals surface area (Å²) in [5.74, 6) is 0.856. The van der Waals surface area contributed by atoms with E-state index in [4.69, 9.17) is 9.47 Å². The van der Waals surface area contributed by atoms with Gasteiger partial charge in [0.25, 0.3) is 0 Å². The Morgan fingerprint density at radius 2 is 2.00 bits per heavy atom. The van der Waals surface area contributed by atoms with Gasteiger partial charge in [0.15, 0.2) is 0 Å². The van der Waals surface area contributed by atoms with E-state index in [2.05, 4.69) is 13.2 Å². The van der Waals surface area contributed by atoms with Crippen LogP contribution in [0.2, 0.25) is 0 Å². The van der Waals surface area contributed by atoms with Crippen molar-refractivity contribution in [1.29, 1.82) is 0 Å². The van der Waals surface area contributed by atoms with Gasteiger partial charge in [-0.05, 0) is 31.6 Å². The molecule has 0 amide bonds. The monoisotopic (exact) mass is 262 g/mol. The van der Waals surface area contributed by atoms with E-state index in [-0.39, 0.29) is 23.9 Å². The first-order chi connectivity index (χ1) is 9.13. The number of fused-ring (bicyclic) bond motifs is 3. The van der Waals surface area contributed by atoms with Crippen molar-refractivity contribution in [3.63, 3.8) is 0 Å². The van der Waals surface area contributed by atoms with Crippen molar-refractivity contribution < 1.29 is 14.3 Å². The highest BCUT2D eigenvalue weighted by Crippen LogP contribution is 2.52. The van der Waals surface area contributed by atoms with Gasteiger partial charge in [0, 0.05) is 18.9 Å². The van der Waals surface area contributed by atoms with E-state index in [1.807, 2.05) is 0 Å². The highest BCUT2D eigenvalue weighted by molar-refractivity contribution is 5.75. The van der Waals surface area contributed by atoms with Gasteiger partial charge in [0.05, 0.1) is 12.5 Å². The van der Waals surface area contributed by atoms with Crippen molar-refractivity contribution in [3.8, 4) is 0 Å². The highest BCUT2D eigenvalue weighted by Gasteiger charge is 2.53. The van der Waals surface area contributed by atoms with Gasteiger partial charge in [0.1, 0.15) is 6.10 Å². The van der Waals surface area contributed by atoms with Crippen LogP contribution in [-0.4, -0.2) is 25.8 Å². The molecule has 0 N–H and O–H groups in total. The zero-order valence-corrected chi connectivity index (χ0v) is 11.6. The lowest BCUT2D eigenvalue weighted by molar-refractivity contribution is -0.146. The number of carbonyl (C=O) groups excluding carboxylic acids is 1. The Balaban J connectivity index is 1.91. The summed E-state index contributed by atoms with van der Waals surface area (Å²) in [6.45, 7) is 8.93. The molecule has 0 unspecified atom stereocenters. The Morgan fingerprint density at radius 1 is 1.26 bits per heavy atom. The molecule has 0 aromatic carbocycles. The molecule has 3 rings (SSSR count). The van der Waals surface area contributed by atoms with Gasteiger partial charge < -0.3 is 9.47 Å². The standard InChI is InChI=1S/C16H22O3/c1-9-4-7-12-13(8-18-3)16(17)19-15(12)14-10(2)5-6-11(9)14/h11-15H,1-2,4-8H2,3H3/t11-,12-,13+,14-,15-/m0/s1. The third-order valence-corrected chi connectivity index (χ3v) is 5.20. The molecule has 0 spiro atoms. The van der Waals surface area contributed by atoms with Gasteiger partial charge in [-0.25, -0.2) is 0 Å². The molecule has 1 heterocycles. The number of carbonyl (C=O) groups is 1. The largest absolute Gasteiger partial charge is 0.461 e. The lowest BCUT2D eigenvalue weighted by atomic mass is 9.80. The molecule has 19 heavy (non-hydrogen) atoms. The SMILES string of the molecule is C=C1CC[C@H]2C(=C)CC[C@@H]3[C@H](OC(=O)[C@@H]3COC)[C@@H]12. The summed E-state index contributed by atoms with van der Waals surface area (Å²) in [5, 5.41) is 0. The first-order valence-corrected chi connectivity index (χ1v) is 7.18. The van der Waals surface area contributed by atoms with E-state index in [0.29, 0.717) is 18.4 Å². The smallest absolute Gasteiger partial charge is 0.312 e. The van der Waals surface area contributed by atoms with Crippen LogP contribution in [0.1, 0.15) is 25.7 Å². The third-order valence-electron chi connectivity index (χ3n) is 5.20. The van der Waals surface area contributed by atoms with Crippen molar-refractivity contribution in [2.75, 3.05) is 13.7 Å². The maximum Gasteiger partial charge on any atom is 0.312 e. The molecule has 1 saturated heterocycles. The van der Waals surface area contributed by atoms with Gasteiger partial charge in [-0.3, -0.25) is 4.79 Å². The van der Waals surface area contributed by atoms with Crippen LogP contribution < -0.4 is 0 Å². The molecule has 0 aromatic heterocycles. The fourth-order valence-electron chi connectivity index (χ4n) is 4.22. The lowest BCUT2D eigenvalue weighted by Gasteiger charge is -2.26. The predicted octanol–water partition coefficient (Wildman–Crippen LogP) is 2.72. The zero-order valence-electron chi connectivity index (χ0n) is 11.6. The van der Waals surface area contributed by atoms with Crippen molar-refractivity contribution in [1.82, 2.24) is 0 Å². The van der Waals surface area contributed by atoms with Crippen LogP contribution in [0, 0.1) is 23.7 Å². The fourth-order valence-corrected chi connectivity index (χ4v) is 4.22. The Labute approximate surface area is 114 Å². The number of allylic oxidation sites excluding steroid dienone is 1. The molecule has 3 heteroatoms. The molecular formula is C16H22O3. The summed E-state index contributed by atoms with van der Waals surface area (Å²) in [7, 11) is 1.65. The maximum atomic E-state index is 12.1. The quantitative estimate of drug-likeness (QED) is 0.567. The van der Waals surface area contributed by atoms with E-state index in [1.54, 1.807) is 7.11 Å². The van der Waals surface area contributed by atoms with Crippen LogP contribution in [0.25, 0.3) is 0 Å². The number of rotatable bonds is 2. The molecule has 0 radical (unpaired) electrons. The molecule has 5 atom stereocenters. The average molecular weight is 262 g/mol. The molecule has 0 bridgehead atoms. The van der Waals surface area contributed by atoms with Crippen molar-refractivity contribution in [3.05, 3.63) is 24.3 Å². The Kier molecular flexibility index (Phi) is 3.25. The summed E-state index contributed by atoms with van der Waals surface area (Å²) in [4.78, 5) is 12.1. The zero-order chi connectivity index (χ0) is 13.6.